The van der Waals surface area contributed by atoms with Crippen LogP contribution in [0, 0.1) is 0 Å². The summed E-state index contributed by atoms with van der Waals surface area (Å²) in [6.45, 7) is 0. The van der Waals surface area contributed by atoms with Crippen molar-refractivity contribution in [2.45, 2.75) is 6.42 Å². The summed E-state index contributed by atoms with van der Waals surface area (Å²) in [5, 5.41) is 0.625. The van der Waals surface area contributed by atoms with Crippen molar-refractivity contribution in [3.05, 3.63) is 63.6 Å². The lowest BCUT2D eigenvalue weighted by molar-refractivity contribution is -0.113. The molecule has 0 atom stereocenters. The van der Waals surface area contributed by atoms with Gasteiger partial charge in [-0.3, -0.25) is 15.1 Å². The molecule has 0 heterocycles. The van der Waals surface area contributed by atoms with Gasteiger partial charge in [-0.05, 0) is 42.0 Å². The summed E-state index contributed by atoms with van der Waals surface area (Å²) >= 11 is 12.0. The normalized spacial score (nSPS) is 12.0. The third-order valence-electron chi connectivity index (χ3n) is 3.66. The lowest BCUT2D eigenvalue weighted by Gasteiger charge is -2.09. The number of anilines is 1. The molecule has 0 saturated heterocycles. The van der Waals surface area contributed by atoms with Gasteiger partial charge in [0.25, 0.3) is 5.91 Å². The average Bonchev–Trinajstić information content (AvgIpc) is 2.65. The van der Waals surface area contributed by atoms with E-state index in [4.69, 9.17) is 44.2 Å². The van der Waals surface area contributed by atoms with E-state index in [0.29, 0.717) is 32.6 Å². The first-order valence-electron chi connectivity index (χ1n) is 8.09. The van der Waals surface area contributed by atoms with Gasteiger partial charge in [-0.2, -0.15) is 4.99 Å². The quantitative estimate of drug-likeness (QED) is 0.207. The number of nitrogen functional groups attached to an aromatic ring is 1. The van der Waals surface area contributed by atoms with E-state index < -0.39 is 5.91 Å². The molecule has 5 N–H and O–H groups in total. The van der Waals surface area contributed by atoms with Crippen LogP contribution < -0.4 is 21.7 Å². The summed E-state index contributed by atoms with van der Waals surface area (Å²) in [6.07, 6.45) is 1.47. The molecule has 2 rings (SSSR count). The van der Waals surface area contributed by atoms with Crippen LogP contribution in [0.15, 0.2) is 47.5 Å². The SMILES string of the molecule is CONC(=CC(=O)N=C(N)Cc1cc(Cl)c(N)c(Cl)c1)c1ccc(OC)cc1. The zero-order valence-electron chi connectivity index (χ0n) is 15.3. The van der Waals surface area contributed by atoms with Crippen LogP contribution in [0.25, 0.3) is 5.70 Å². The molecule has 28 heavy (non-hydrogen) atoms. The van der Waals surface area contributed by atoms with Crippen molar-refractivity contribution in [3.8, 4) is 5.75 Å². The number of benzene rings is 2. The van der Waals surface area contributed by atoms with E-state index in [9.17, 15) is 4.79 Å². The minimum atomic E-state index is -0.555. The lowest BCUT2D eigenvalue weighted by Crippen LogP contribution is -2.18. The molecule has 0 aliphatic heterocycles. The maximum Gasteiger partial charge on any atom is 0.273 e. The molecule has 7 nitrogen and oxygen atoms in total. The second-order valence-electron chi connectivity index (χ2n) is 5.68. The van der Waals surface area contributed by atoms with Crippen LogP contribution in [0.2, 0.25) is 10.0 Å². The van der Waals surface area contributed by atoms with Gasteiger partial charge in [0.05, 0.1) is 35.6 Å². The summed E-state index contributed by atoms with van der Waals surface area (Å²) in [4.78, 5) is 21.1. The molecule has 2 aromatic rings. The van der Waals surface area contributed by atoms with Crippen LogP contribution in [-0.4, -0.2) is 26.0 Å². The number of ether oxygens (including phenoxy) is 1. The Morgan fingerprint density at radius 2 is 1.79 bits per heavy atom. The molecule has 2 aromatic carbocycles. The average molecular weight is 423 g/mol. The monoisotopic (exact) mass is 422 g/mol. The van der Waals surface area contributed by atoms with Gasteiger partial charge in [0.1, 0.15) is 11.6 Å². The molecule has 9 heteroatoms. The Morgan fingerprint density at radius 3 is 2.32 bits per heavy atom. The molecule has 0 fully saturated rings. The van der Waals surface area contributed by atoms with Crippen LogP contribution in [-0.2, 0) is 16.1 Å². The first kappa shape index (κ1) is 21.6. The second kappa shape index (κ2) is 9.98. The largest absolute Gasteiger partial charge is 0.497 e. The lowest BCUT2D eigenvalue weighted by atomic mass is 10.1. The van der Waals surface area contributed by atoms with Crippen molar-refractivity contribution in [1.29, 1.82) is 0 Å². The minimum absolute atomic E-state index is 0.102. The van der Waals surface area contributed by atoms with Crippen molar-refractivity contribution in [2.75, 3.05) is 20.0 Å². The van der Waals surface area contributed by atoms with Crippen molar-refractivity contribution < 1.29 is 14.4 Å². The molecule has 148 valence electrons. The maximum absolute atomic E-state index is 12.3. The highest BCUT2D eigenvalue weighted by Gasteiger charge is 2.09. The number of hydrogen-bond donors (Lipinski definition) is 3. The summed E-state index contributed by atoms with van der Waals surface area (Å²) in [5.74, 6) is 0.236. The number of hydrogen-bond acceptors (Lipinski definition) is 5. The van der Waals surface area contributed by atoms with Crippen molar-refractivity contribution in [1.82, 2.24) is 5.48 Å². The summed E-state index contributed by atoms with van der Waals surface area (Å²) in [5.41, 5.74) is 16.4. The molecular weight excluding hydrogens is 403 g/mol. The highest BCUT2D eigenvalue weighted by Crippen LogP contribution is 2.29. The smallest absolute Gasteiger partial charge is 0.273 e. The summed E-state index contributed by atoms with van der Waals surface area (Å²) in [6, 6.07) is 10.3. The fourth-order valence-corrected chi connectivity index (χ4v) is 2.87. The van der Waals surface area contributed by atoms with E-state index >= 15 is 0 Å². The Bertz CT molecular complexity index is 889. The predicted molar refractivity (Wildman–Crippen MR) is 112 cm³/mol. The number of nitrogens with two attached hydrogens (primary N) is 2. The first-order valence-corrected chi connectivity index (χ1v) is 8.85. The number of rotatable bonds is 7. The number of carbonyl (C=O) groups is 1. The fourth-order valence-electron chi connectivity index (χ4n) is 2.34. The molecule has 0 aliphatic carbocycles. The van der Waals surface area contributed by atoms with E-state index in [-0.39, 0.29) is 17.9 Å². The van der Waals surface area contributed by atoms with Gasteiger partial charge in [-0.1, -0.05) is 23.2 Å². The van der Waals surface area contributed by atoms with Crippen molar-refractivity contribution in [3.63, 3.8) is 0 Å². The van der Waals surface area contributed by atoms with Gasteiger partial charge >= 0.3 is 0 Å². The fraction of sp³-hybridized carbons (Fsp3) is 0.158. The number of carbonyl (C=O) groups excluding carboxylic acids is 1. The number of aliphatic imine (C=N–C) groups is 1. The van der Waals surface area contributed by atoms with E-state index in [1.165, 1.54) is 13.2 Å². The molecule has 0 saturated carbocycles. The number of amides is 1. The molecule has 0 bridgehead atoms. The Morgan fingerprint density at radius 1 is 1.18 bits per heavy atom. The highest BCUT2D eigenvalue weighted by molar-refractivity contribution is 6.38. The predicted octanol–water partition coefficient (Wildman–Crippen LogP) is 3.20. The zero-order valence-corrected chi connectivity index (χ0v) is 16.8. The number of nitrogens with one attached hydrogen (secondary N) is 1. The Hall–Kier alpha value is -2.74. The third-order valence-corrected chi connectivity index (χ3v) is 4.28. The van der Waals surface area contributed by atoms with Gasteiger partial charge in [-0.25, -0.2) is 0 Å². The van der Waals surface area contributed by atoms with Crippen LogP contribution >= 0.6 is 23.2 Å². The van der Waals surface area contributed by atoms with E-state index in [0.717, 1.165) is 0 Å². The van der Waals surface area contributed by atoms with E-state index in [1.54, 1.807) is 43.5 Å². The molecule has 0 radical (unpaired) electrons. The van der Waals surface area contributed by atoms with Crippen molar-refractivity contribution >= 4 is 46.3 Å². The topological polar surface area (TPSA) is 112 Å². The van der Waals surface area contributed by atoms with E-state index in [2.05, 4.69) is 10.5 Å². The summed E-state index contributed by atoms with van der Waals surface area (Å²) in [7, 11) is 3.01. The number of amidine groups is 1. The third kappa shape index (κ3) is 5.88. The number of nitrogens with zero attached hydrogens (tertiary/aromatic N) is 1. The van der Waals surface area contributed by atoms with Gasteiger partial charge < -0.3 is 16.2 Å². The second-order valence-corrected chi connectivity index (χ2v) is 6.50. The van der Waals surface area contributed by atoms with Gasteiger partial charge in [-0.15, -0.1) is 0 Å². The van der Waals surface area contributed by atoms with Crippen LogP contribution in [0.4, 0.5) is 5.69 Å². The number of hydroxylamine groups is 1. The van der Waals surface area contributed by atoms with Crippen LogP contribution in [0.1, 0.15) is 11.1 Å². The molecule has 0 spiro atoms. The highest BCUT2D eigenvalue weighted by atomic mass is 35.5. The van der Waals surface area contributed by atoms with Crippen LogP contribution in [0.3, 0.4) is 0 Å². The van der Waals surface area contributed by atoms with Gasteiger partial charge in [0, 0.05) is 18.1 Å². The Balaban J connectivity index is 2.19. The molecule has 0 unspecified atom stereocenters. The van der Waals surface area contributed by atoms with Gasteiger partial charge in [0.15, 0.2) is 0 Å². The summed E-state index contributed by atoms with van der Waals surface area (Å²) < 4.78 is 5.12. The zero-order chi connectivity index (χ0) is 20.7. The Labute approximate surface area is 172 Å². The van der Waals surface area contributed by atoms with Crippen molar-refractivity contribution in [2.24, 2.45) is 10.7 Å². The number of methoxy groups -OCH3 is 1. The first-order chi connectivity index (χ1) is 13.3. The standard InChI is InChI=1S/C19H20Cl2N4O3/c1-27-13-5-3-12(4-6-13)16(25-28-2)10-18(26)24-17(22)9-11-7-14(20)19(23)15(21)8-11/h3-8,10,25H,9,23H2,1-2H3,(H2,22,24,26). The van der Waals surface area contributed by atoms with E-state index in [1.807, 2.05) is 0 Å². The molecule has 0 aliphatic rings. The van der Waals surface area contributed by atoms with Crippen LogP contribution in [0.5, 0.6) is 5.75 Å². The molecule has 1 amide bonds. The molecule has 0 aromatic heterocycles. The minimum Gasteiger partial charge on any atom is -0.497 e. The maximum atomic E-state index is 12.3. The van der Waals surface area contributed by atoms with Gasteiger partial charge in [0.2, 0.25) is 0 Å². The number of halogens is 2. The molecular formula is C19H20Cl2N4O3. The Kier molecular flexibility index (Phi) is 7.69.